The molecule has 9 aromatic carbocycles. The molecule has 4 heterocycles. The zero-order valence-electron chi connectivity index (χ0n) is 62.0. The number of aliphatic hydroxyl groups excluding tert-OH is 1. The number of nitrogens with zero attached hydrogens (tertiary/aromatic N) is 8. The number of benzene rings is 9. The van der Waals surface area contributed by atoms with Crippen LogP contribution in [0.3, 0.4) is 0 Å². The molecule has 2 N–H and O–H groups in total. The fourth-order valence-corrected chi connectivity index (χ4v) is 15.0. The van der Waals surface area contributed by atoms with Crippen molar-refractivity contribution in [1.29, 1.82) is 0 Å². The van der Waals surface area contributed by atoms with Crippen LogP contribution in [-0.4, -0.2) is 162 Å². The van der Waals surface area contributed by atoms with Crippen molar-refractivity contribution in [2.45, 2.75) is 120 Å². The van der Waals surface area contributed by atoms with Gasteiger partial charge in [0.15, 0.2) is 12.9 Å². The fourth-order valence-electron chi connectivity index (χ4n) is 14.3. The molecule has 4 aliphatic rings. The third-order valence-corrected chi connectivity index (χ3v) is 21.2. The lowest BCUT2D eigenvalue weighted by Gasteiger charge is -2.30. The zero-order chi connectivity index (χ0) is 79.7. The van der Waals surface area contributed by atoms with Crippen LogP contribution in [0.1, 0.15) is 109 Å². The second kappa shape index (κ2) is 38.9. The maximum absolute atomic E-state index is 13.3. The Bertz CT molecular complexity index is 4660. The Morgan fingerprint density at radius 3 is 0.892 bits per heavy atom. The van der Waals surface area contributed by atoms with Gasteiger partial charge in [-0.2, -0.15) is 0 Å². The molecule has 0 saturated carbocycles. The van der Waals surface area contributed by atoms with E-state index in [9.17, 15) is 38.4 Å². The molecule has 4 aliphatic heterocycles. The van der Waals surface area contributed by atoms with Crippen molar-refractivity contribution in [3.63, 3.8) is 0 Å². The van der Waals surface area contributed by atoms with Crippen molar-refractivity contribution < 1.29 is 53.3 Å². The lowest BCUT2D eigenvalue weighted by atomic mass is 10.0. The van der Waals surface area contributed by atoms with Crippen molar-refractivity contribution in [2.24, 2.45) is 0 Å². The van der Waals surface area contributed by atoms with Gasteiger partial charge in [0.2, 0.25) is 41.4 Å². The summed E-state index contributed by atoms with van der Waals surface area (Å²) in [5.41, 5.74) is 7.19. The Morgan fingerprint density at radius 1 is 0.351 bits per heavy atom. The molecule has 8 unspecified atom stereocenters. The van der Waals surface area contributed by atoms with Gasteiger partial charge in [-0.05, 0) is 136 Å². The molecule has 578 valence electrons. The lowest BCUT2D eigenvalue weighted by Crippen LogP contribution is -2.43. The maximum atomic E-state index is 13.3. The molecular formula is C86H86Cl6N8O11. The van der Waals surface area contributed by atoms with Gasteiger partial charge in [-0.25, -0.2) is 0 Å². The number of para-hydroxylation sites is 1. The fraction of sp³-hybridized carbons (Fsp3) is 0.279. The van der Waals surface area contributed by atoms with Crippen molar-refractivity contribution in [3.8, 4) is 5.75 Å². The molecule has 9 aromatic rings. The predicted octanol–water partition coefficient (Wildman–Crippen LogP) is 15.3. The van der Waals surface area contributed by atoms with Gasteiger partial charge in [0.25, 0.3) is 5.91 Å². The highest BCUT2D eigenvalue weighted by Gasteiger charge is 2.51. The second-order valence-corrected chi connectivity index (χ2v) is 29.9. The third-order valence-electron chi connectivity index (χ3n) is 19.7. The van der Waals surface area contributed by atoms with E-state index in [4.69, 9.17) is 84.6 Å². The van der Waals surface area contributed by atoms with E-state index >= 15 is 0 Å². The van der Waals surface area contributed by atoms with Gasteiger partial charge in [-0.3, -0.25) is 38.4 Å². The van der Waals surface area contributed by atoms with E-state index < -0.39 is 55.1 Å². The SMILES string of the molecule is CC(=O)N1C(Cc2ccc(Cl)cc2)C(=O)N(C)C1c1ccc(Cl)cc1.CCCC(=O)N1C(Cc2ccc(Cl)cc2)C(=O)N(C)C1c1ccc(Cl)cc1.CN1C(=O)C(Cc2ccc(Cl)cc2)N(C(=O)CCC(O)O)C1c1ccccc1.CN1C(=O)C(Cc2ccc(Cl)cc2)N(C(=O)COc2ccccc2)C1c1ccccc1. The van der Waals surface area contributed by atoms with E-state index in [0.717, 1.165) is 50.9 Å². The Hall–Kier alpha value is -9.80. The maximum Gasteiger partial charge on any atom is 0.263 e. The standard InChI is InChI=1S/C25H23ClN2O3.C21H22Cl2N2O2.C21H23ClN2O4.C19H18Cl2N2O2/c1-27-24(19-8-4-2-5-9-19)28(23(29)17-31-21-10-6-3-7-11-21)22(25(27)30)16-18-12-14-20(26)15-13-18;1-3-4-19(26)25-18(13-14-5-9-16(22)10-6-14)21(27)24(2)20(25)15-7-11-17(23)12-8-15;1-23-20(15-5-3-2-4-6-15)24(18(25)11-12-19(26)27)17(21(23)28)13-14-7-9-16(22)10-8-14;1-12(24)23-17(11-13-3-7-15(20)8-4-13)19(25)22(2)18(23)14-5-9-16(21)10-6-14/h2-15,22,24H,16-17H2,1H3;5-12,18,20H,3-4,13H2,1-2H3;2-10,17,19-20,26-27H,11-13H2,1H3;3-10,17-18H,11H2,1-2H3. The number of carbonyl (C=O) groups is 8. The molecule has 0 bridgehead atoms. The number of amides is 8. The number of hydrogen-bond acceptors (Lipinski definition) is 11. The molecule has 111 heavy (non-hydrogen) atoms. The Kier molecular flexibility index (Phi) is 29.3. The first-order valence-corrected chi connectivity index (χ1v) is 38.4. The molecule has 13 rings (SSSR count). The summed E-state index contributed by atoms with van der Waals surface area (Å²) in [6.07, 6.45) is -0.775. The first-order valence-electron chi connectivity index (χ1n) is 36.1. The lowest BCUT2D eigenvalue weighted by molar-refractivity contribution is -0.139. The van der Waals surface area contributed by atoms with Crippen molar-refractivity contribution in [2.75, 3.05) is 34.8 Å². The van der Waals surface area contributed by atoms with E-state index in [-0.39, 0.29) is 66.7 Å². The zero-order valence-corrected chi connectivity index (χ0v) is 66.5. The van der Waals surface area contributed by atoms with Crippen molar-refractivity contribution >= 4 is 117 Å². The van der Waals surface area contributed by atoms with Crippen molar-refractivity contribution in [3.05, 3.63) is 311 Å². The van der Waals surface area contributed by atoms with Crippen molar-refractivity contribution in [1.82, 2.24) is 39.2 Å². The summed E-state index contributed by atoms with van der Waals surface area (Å²) >= 11 is 35.8. The molecule has 4 fully saturated rings. The first kappa shape index (κ1) is 83.7. The highest BCUT2D eigenvalue weighted by atomic mass is 35.5. The number of halogens is 6. The van der Waals surface area contributed by atoms with Crippen LogP contribution in [0, 0.1) is 0 Å². The molecular weight excluding hydrogens is 1530 g/mol. The van der Waals surface area contributed by atoms with Gasteiger partial charge < -0.3 is 54.1 Å². The number of rotatable bonds is 20. The minimum atomic E-state index is -1.56. The quantitative estimate of drug-likeness (QED) is 0.0685. The predicted molar refractivity (Wildman–Crippen MR) is 431 cm³/mol. The Balaban J connectivity index is 0.000000158. The summed E-state index contributed by atoms with van der Waals surface area (Å²) in [5.74, 6) is -0.475. The minimum absolute atomic E-state index is 0.0193. The summed E-state index contributed by atoms with van der Waals surface area (Å²) in [7, 11) is 6.89. The van der Waals surface area contributed by atoms with Gasteiger partial charge in [-0.15, -0.1) is 0 Å². The topological polar surface area (TPSA) is 212 Å². The van der Waals surface area contributed by atoms with Gasteiger partial charge >= 0.3 is 0 Å². The summed E-state index contributed by atoms with van der Waals surface area (Å²) < 4.78 is 5.71. The van der Waals surface area contributed by atoms with Crippen LogP contribution in [0.15, 0.2) is 237 Å². The van der Waals surface area contributed by atoms with E-state index in [1.807, 2.05) is 159 Å². The Morgan fingerprint density at radius 2 is 0.604 bits per heavy atom. The highest BCUT2D eigenvalue weighted by molar-refractivity contribution is 6.32. The van der Waals surface area contributed by atoms with Crippen LogP contribution >= 0.6 is 69.6 Å². The number of hydrogen-bond donors (Lipinski definition) is 2. The highest BCUT2D eigenvalue weighted by Crippen LogP contribution is 2.41. The molecule has 0 aromatic heterocycles. The van der Waals surface area contributed by atoms with Gasteiger partial charge in [0, 0.05) is 110 Å². The largest absolute Gasteiger partial charge is 0.484 e. The van der Waals surface area contributed by atoms with Gasteiger partial charge in [0.1, 0.15) is 54.6 Å². The monoisotopic (exact) mass is 1620 g/mol. The first-order chi connectivity index (χ1) is 53.2. The third kappa shape index (κ3) is 20.9. The number of ether oxygens (including phenoxy) is 1. The molecule has 4 saturated heterocycles. The van der Waals surface area contributed by atoms with Gasteiger partial charge in [0.05, 0.1) is 0 Å². The normalized spacial score (nSPS) is 19.4. The molecule has 0 radical (unpaired) electrons. The van der Waals surface area contributed by atoms with E-state index in [1.54, 1.807) is 152 Å². The van der Waals surface area contributed by atoms with E-state index in [0.29, 0.717) is 68.0 Å². The number of likely N-dealkylation sites (N-methyl/N-ethyl adjacent to an activating group) is 4. The second-order valence-electron chi connectivity index (χ2n) is 27.3. The summed E-state index contributed by atoms with van der Waals surface area (Å²) in [5, 5.41) is 22.1. The Labute approximate surface area is 676 Å². The van der Waals surface area contributed by atoms with Crippen LogP contribution in [-0.2, 0) is 64.0 Å². The van der Waals surface area contributed by atoms with Crippen LogP contribution in [0.2, 0.25) is 30.1 Å². The molecule has 0 spiro atoms. The van der Waals surface area contributed by atoms with E-state index in [1.165, 1.54) is 6.92 Å². The smallest absolute Gasteiger partial charge is 0.263 e. The summed E-state index contributed by atoms with van der Waals surface area (Å²) in [6.45, 7) is 3.31. The number of aliphatic hydroxyl groups is 2. The van der Waals surface area contributed by atoms with Crippen LogP contribution in [0.4, 0.5) is 0 Å². The molecule has 8 atom stereocenters. The van der Waals surface area contributed by atoms with Crippen LogP contribution < -0.4 is 4.74 Å². The summed E-state index contributed by atoms with van der Waals surface area (Å²) in [6, 6.07) is 69.5. The molecule has 25 heteroatoms. The minimum Gasteiger partial charge on any atom is -0.484 e. The average molecular weight is 1620 g/mol. The molecule has 8 amide bonds. The summed E-state index contributed by atoms with van der Waals surface area (Å²) in [4.78, 5) is 117. The molecule has 19 nitrogen and oxygen atoms in total. The average Bonchev–Trinajstić information content (AvgIpc) is 1.64. The van der Waals surface area contributed by atoms with Gasteiger partial charge in [-0.1, -0.05) is 228 Å². The number of carbonyl (C=O) groups excluding carboxylic acids is 8. The van der Waals surface area contributed by atoms with E-state index in [2.05, 4.69) is 0 Å². The van der Waals surface area contributed by atoms with Crippen LogP contribution in [0.25, 0.3) is 0 Å². The molecule has 0 aliphatic carbocycles. The van der Waals surface area contributed by atoms with Crippen LogP contribution in [0.5, 0.6) is 5.75 Å².